The Hall–Kier alpha value is -1.55. The van der Waals surface area contributed by atoms with Crippen LogP contribution in [-0.4, -0.2) is 0 Å². The Bertz CT molecular complexity index is 254. The maximum atomic E-state index is 8.19. The van der Waals surface area contributed by atoms with Crippen LogP contribution in [0.5, 0.6) is 0 Å². The van der Waals surface area contributed by atoms with E-state index in [0.717, 1.165) is 5.56 Å². The fourth-order valence-corrected chi connectivity index (χ4v) is 0.698. The lowest BCUT2D eigenvalue weighted by Gasteiger charge is -1.86. The van der Waals surface area contributed by atoms with Crippen LogP contribution in [0.4, 0.5) is 0 Å². The van der Waals surface area contributed by atoms with E-state index in [0.29, 0.717) is 0 Å². The van der Waals surface area contributed by atoms with E-state index in [9.17, 15) is 0 Å². The molecule has 0 aliphatic carbocycles. The zero-order valence-electron chi connectivity index (χ0n) is 5.49. The Labute approximate surface area is 60.2 Å². The minimum Gasteiger partial charge on any atom is -0.193 e. The summed E-state index contributed by atoms with van der Waals surface area (Å²) in [5.74, 6) is 0. The third-order valence-electron chi connectivity index (χ3n) is 1.15. The first-order chi connectivity index (χ1) is 4.93. The van der Waals surface area contributed by atoms with Crippen molar-refractivity contribution in [3.63, 3.8) is 0 Å². The second-order valence-electron chi connectivity index (χ2n) is 1.87. The first-order valence-corrected chi connectivity index (χ1v) is 3.04. The van der Waals surface area contributed by atoms with Crippen LogP contribution in [0.15, 0.2) is 36.4 Å². The van der Waals surface area contributed by atoms with Gasteiger partial charge in [0.05, 0.1) is 6.07 Å². The molecule has 0 saturated heterocycles. The Kier molecular flexibility index (Phi) is 2.28. The van der Waals surface area contributed by atoms with Gasteiger partial charge in [-0.1, -0.05) is 30.3 Å². The van der Waals surface area contributed by atoms with Gasteiger partial charge >= 0.3 is 0 Å². The molecular formula is C9H7N. The molecule has 0 aliphatic rings. The predicted molar refractivity (Wildman–Crippen MR) is 41.1 cm³/mol. The fraction of sp³-hybridized carbons (Fsp3) is 0. The Morgan fingerprint density at radius 2 is 1.90 bits per heavy atom. The molecule has 0 aromatic heterocycles. The van der Waals surface area contributed by atoms with Gasteiger partial charge in [0.15, 0.2) is 0 Å². The minimum atomic E-state index is 1.06. The van der Waals surface area contributed by atoms with Gasteiger partial charge < -0.3 is 0 Å². The molecule has 0 bridgehead atoms. The number of benzene rings is 1. The quantitative estimate of drug-likeness (QED) is 0.536. The summed E-state index contributed by atoms with van der Waals surface area (Å²) in [4.78, 5) is 0. The lowest BCUT2D eigenvalue weighted by atomic mass is 10.2. The minimum absolute atomic E-state index is 1.06. The maximum absolute atomic E-state index is 8.19. The monoisotopic (exact) mass is 131 g/mol. The first-order valence-electron chi connectivity index (χ1n) is 3.04. The number of rotatable bonds is 1. The predicted octanol–water partition coefficient (Wildman–Crippen LogP) is 2.22. The summed E-state index contributed by atoms with van der Waals surface area (Å²) in [7, 11) is 0. The second-order valence-corrected chi connectivity index (χ2v) is 1.87. The Morgan fingerprint density at radius 1 is 1.20 bits per heavy atom. The molecule has 0 fully saturated rings. The molecule has 1 aromatic rings. The van der Waals surface area contributed by atoms with Gasteiger partial charge in [-0.2, -0.15) is 5.26 Å². The summed E-state index contributed by atoms with van der Waals surface area (Å²) in [6.07, 6.45) is 3.25. The first kappa shape index (κ1) is 6.57. The molecule has 48 valence electrons. The second kappa shape index (κ2) is 3.47. The van der Waals surface area contributed by atoms with Gasteiger partial charge in [-0.15, -0.1) is 0 Å². The Balaban J connectivity index is 2.79. The van der Waals surface area contributed by atoms with E-state index < -0.39 is 0 Å². The van der Waals surface area contributed by atoms with Crippen molar-refractivity contribution in [2.75, 3.05) is 0 Å². The molecular weight excluding hydrogens is 124 g/mol. The van der Waals surface area contributed by atoms with Crippen LogP contribution < -0.4 is 0 Å². The van der Waals surface area contributed by atoms with Crippen LogP contribution in [0.3, 0.4) is 0 Å². The van der Waals surface area contributed by atoms with Gasteiger partial charge in [-0.05, 0) is 11.6 Å². The summed E-state index contributed by atoms with van der Waals surface area (Å²) in [6.45, 7) is 0. The van der Waals surface area contributed by atoms with Crippen LogP contribution in [0.1, 0.15) is 5.56 Å². The van der Waals surface area contributed by atoms with Crippen molar-refractivity contribution < 1.29 is 0 Å². The maximum Gasteiger partial charge on any atom is 0.0912 e. The van der Waals surface area contributed by atoms with Crippen molar-refractivity contribution in [3.05, 3.63) is 42.0 Å². The smallest absolute Gasteiger partial charge is 0.0912 e. The van der Waals surface area contributed by atoms with E-state index in [-0.39, 0.29) is 0 Å². The molecule has 1 heteroatoms. The number of hydrogen-bond donors (Lipinski definition) is 0. The van der Waals surface area contributed by atoms with E-state index in [1.807, 2.05) is 36.4 Å². The molecule has 1 rings (SSSR count). The molecule has 10 heavy (non-hydrogen) atoms. The van der Waals surface area contributed by atoms with Crippen molar-refractivity contribution in [2.24, 2.45) is 0 Å². The highest BCUT2D eigenvalue weighted by Gasteiger charge is 1.79. The normalized spacial score (nSPS) is 9.50. The number of nitriles is 1. The molecule has 0 amide bonds. The average molecular weight is 131 g/mol. The topological polar surface area (TPSA) is 23.8 Å². The summed E-state index contributed by atoms with van der Waals surface area (Å²) in [5, 5.41) is 8.19. The van der Waals surface area contributed by atoms with Gasteiger partial charge in [0, 0.05) is 6.08 Å². The van der Waals surface area contributed by atoms with Gasteiger partial charge in [-0.3, -0.25) is 0 Å². The Morgan fingerprint density at radius 3 is 2.50 bits per heavy atom. The number of allylic oxidation sites excluding steroid dienone is 1. The lowest BCUT2D eigenvalue weighted by Crippen LogP contribution is -1.65. The molecule has 1 aromatic carbocycles. The number of nitrogens with zero attached hydrogens (tertiary/aromatic N) is 1. The van der Waals surface area contributed by atoms with Crippen molar-refractivity contribution in [3.8, 4) is 6.07 Å². The standard InChI is InChI=1S/C9H7N/c10-8-4-7-9-5-2-1-3-6-9/h1-7H/b7-4+/i8+2. The summed E-state index contributed by atoms with van der Waals surface area (Å²) < 4.78 is 0. The summed E-state index contributed by atoms with van der Waals surface area (Å²) in [6, 6.07) is 11.7. The van der Waals surface area contributed by atoms with Crippen LogP contribution in [0.25, 0.3) is 6.08 Å². The van der Waals surface area contributed by atoms with Crippen molar-refractivity contribution in [1.29, 1.82) is 5.26 Å². The average Bonchev–Trinajstić information content (AvgIpc) is 2.03. The molecule has 0 atom stereocenters. The molecule has 0 radical (unpaired) electrons. The van der Waals surface area contributed by atoms with Crippen molar-refractivity contribution >= 4 is 6.08 Å². The molecule has 0 unspecified atom stereocenters. The van der Waals surface area contributed by atoms with E-state index >= 15 is 0 Å². The highest BCUT2D eigenvalue weighted by molar-refractivity contribution is 5.51. The third-order valence-corrected chi connectivity index (χ3v) is 1.15. The molecule has 0 spiro atoms. The van der Waals surface area contributed by atoms with Crippen LogP contribution in [0.2, 0.25) is 0 Å². The molecule has 0 aliphatic heterocycles. The van der Waals surface area contributed by atoms with Crippen molar-refractivity contribution in [1.82, 2.24) is 0 Å². The number of hydrogen-bond acceptors (Lipinski definition) is 1. The van der Waals surface area contributed by atoms with E-state index in [4.69, 9.17) is 5.26 Å². The highest BCUT2D eigenvalue weighted by atomic mass is 14.8. The zero-order valence-corrected chi connectivity index (χ0v) is 5.49. The molecule has 1 nitrogen and oxygen atoms in total. The van der Waals surface area contributed by atoms with Gasteiger partial charge in [0.2, 0.25) is 0 Å². The van der Waals surface area contributed by atoms with E-state index in [1.54, 1.807) is 6.08 Å². The van der Waals surface area contributed by atoms with Crippen molar-refractivity contribution in [2.45, 2.75) is 0 Å². The fourth-order valence-electron chi connectivity index (χ4n) is 0.698. The van der Waals surface area contributed by atoms with E-state index in [1.165, 1.54) is 6.08 Å². The lowest BCUT2D eigenvalue weighted by molar-refractivity contribution is 1.54. The SMILES string of the molecule is N#[14C]/C=C/c1ccccc1. The summed E-state index contributed by atoms with van der Waals surface area (Å²) in [5.41, 5.74) is 1.06. The largest absolute Gasteiger partial charge is 0.193 e. The summed E-state index contributed by atoms with van der Waals surface area (Å²) >= 11 is 0. The zero-order chi connectivity index (χ0) is 7.23. The van der Waals surface area contributed by atoms with Gasteiger partial charge in [0.25, 0.3) is 0 Å². The van der Waals surface area contributed by atoms with Crippen LogP contribution >= 0.6 is 0 Å². The van der Waals surface area contributed by atoms with Crippen LogP contribution in [-0.2, 0) is 0 Å². The molecule has 0 N–H and O–H groups in total. The highest BCUT2D eigenvalue weighted by Crippen LogP contribution is 1.99. The molecule has 0 heterocycles. The van der Waals surface area contributed by atoms with E-state index in [2.05, 4.69) is 0 Å². The third kappa shape index (κ3) is 1.75. The van der Waals surface area contributed by atoms with Gasteiger partial charge in [-0.25, -0.2) is 0 Å². The van der Waals surface area contributed by atoms with Gasteiger partial charge in [0.1, 0.15) is 0 Å². The van der Waals surface area contributed by atoms with Crippen LogP contribution in [0, 0.1) is 11.3 Å². The molecule has 0 saturated carbocycles.